The van der Waals surface area contributed by atoms with Crippen molar-refractivity contribution in [3.05, 3.63) is 30.1 Å². The van der Waals surface area contributed by atoms with E-state index in [-0.39, 0.29) is 12.1 Å². The predicted molar refractivity (Wildman–Crippen MR) is 85.7 cm³/mol. The maximum Gasteiger partial charge on any atom is 0.0500 e. The molecule has 2 unspecified atom stereocenters. The van der Waals surface area contributed by atoms with E-state index in [2.05, 4.69) is 54.9 Å². The summed E-state index contributed by atoms with van der Waals surface area (Å²) in [6, 6.07) is 4.63. The number of aromatic nitrogens is 1. The molecule has 20 heavy (non-hydrogen) atoms. The minimum atomic E-state index is 0.164. The van der Waals surface area contributed by atoms with Crippen molar-refractivity contribution in [1.82, 2.24) is 14.8 Å². The molecule has 1 rings (SSSR count). The summed E-state index contributed by atoms with van der Waals surface area (Å²) in [7, 11) is 4.24. The lowest BCUT2D eigenvalue weighted by Gasteiger charge is -2.35. The Balaban J connectivity index is 2.79. The summed E-state index contributed by atoms with van der Waals surface area (Å²) in [6.45, 7) is 7.59. The monoisotopic (exact) mass is 278 g/mol. The van der Waals surface area contributed by atoms with Gasteiger partial charge in [0.05, 0.1) is 0 Å². The molecule has 0 bridgehead atoms. The van der Waals surface area contributed by atoms with Gasteiger partial charge in [0, 0.05) is 31.0 Å². The highest BCUT2D eigenvalue weighted by Gasteiger charge is 2.24. The second-order valence-corrected chi connectivity index (χ2v) is 5.58. The molecule has 0 fully saturated rings. The second-order valence-electron chi connectivity index (χ2n) is 5.58. The van der Waals surface area contributed by atoms with Crippen molar-refractivity contribution in [2.75, 3.05) is 33.7 Å². The largest absolute Gasteiger partial charge is 0.326 e. The van der Waals surface area contributed by atoms with Crippen LogP contribution in [0.2, 0.25) is 0 Å². The lowest BCUT2D eigenvalue weighted by atomic mass is 9.97. The standard InChI is InChI=1S/C16H30N4/c1-5-15(17)16(14-8-10-18-11-9-14)20(6-2)13-7-12-19(3)4/h8-11,15-16H,5-7,12-13,17H2,1-4H3. The Hall–Kier alpha value is -0.970. The lowest BCUT2D eigenvalue weighted by Crippen LogP contribution is -2.41. The second kappa shape index (κ2) is 9.06. The molecule has 2 N–H and O–H groups in total. The predicted octanol–water partition coefficient (Wildman–Crippen LogP) is 2.13. The fourth-order valence-electron chi connectivity index (χ4n) is 2.60. The average molecular weight is 278 g/mol. The highest BCUT2D eigenvalue weighted by Crippen LogP contribution is 2.24. The van der Waals surface area contributed by atoms with Crippen LogP contribution in [-0.4, -0.2) is 54.6 Å². The molecule has 2 atom stereocenters. The van der Waals surface area contributed by atoms with E-state index < -0.39 is 0 Å². The normalized spacial score (nSPS) is 14.8. The van der Waals surface area contributed by atoms with Crippen molar-refractivity contribution in [2.45, 2.75) is 38.8 Å². The summed E-state index contributed by atoms with van der Waals surface area (Å²) in [6.07, 6.45) is 5.87. The Kier molecular flexibility index (Phi) is 7.73. The van der Waals surface area contributed by atoms with Gasteiger partial charge >= 0.3 is 0 Å². The molecule has 114 valence electrons. The van der Waals surface area contributed by atoms with E-state index in [4.69, 9.17) is 5.73 Å². The number of likely N-dealkylation sites (N-methyl/N-ethyl adjacent to an activating group) is 1. The van der Waals surface area contributed by atoms with Gasteiger partial charge in [-0.25, -0.2) is 0 Å². The van der Waals surface area contributed by atoms with Gasteiger partial charge in [-0.3, -0.25) is 9.88 Å². The van der Waals surface area contributed by atoms with Crippen LogP contribution < -0.4 is 5.73 Å². The van der Waals surface area contributed by atoms with E-state index in [1.807, 2.05) is 12.4 Å². The SMILES string of the molecule is CCC(N)C(c1ccncc1)N(CC)CCCN(C)C. The van der Waals surface area contributed by atoms with Crippen molar-refractivity contribution in [1.29, 1.82) is 0 Å². The molecule has 1 aromatic heterocycles. The molecule has 0 amide bonds. The van der Waals surface area contributed by atoms with E-state index in [1.165, 1.54) is 12.0 Å². The quantitative estimate of drug-likeness (QED) is 0.751. The molecular formula is C16H30N4. The Bertz CT molecular complexity index is 353. The molecule has 1 aromatic rings. The van der Waals surface area contributed by atoms with Gasteiger partial charge in [-0.1, -0.05) is 13.8 Å². The van der Waals surface area contributed by atoms with Crippen LogP contribution in [-0.2, 0) is 0 Å². The lowest BCUT2D eigenvalue weighted by molar-refractivity contribution is 0.170. The molecule has 0 saturated carbocycles. The first-order valence-corrected chi connectivity index (χ1v) is 7.64. The van der Waals surface area contributed by atoms with Crippen LogP contribution in [0.1, 0.15) is 38.3 Å². The zero-order valence-corrected chi connectivity index (χ0v) is 13.4. The van der Waals surface area contributed by atoms with E-state index in [1.54, 1.807) is 0 Å². The first-order valence-electron chi connectivity index (χ1n) is 7.64. The number of hydrogen-bond donors (Lipinski definition) is 1. The van der Waals surface area contributed by atoms with Crippen molar-refractivity contribution in [2.24, 2.45) is 5.73 Å². The highest BCUT2D eigenvalue weighted by atomic mass is 15.2. The molecule has 0 radical (unpaired) electrons. The molecule has 0 aliphatic carbocycles. The number of pyridine rings is 1. The third-order valence-electron chi connectivity index (χ3n) is 3.77. The minimum absolute atomic E-state index is 0.164. The summed E-state index contributed by atoms with van der Waals surface area (Å²) in [5, 5.41) is 0. The van der Waals surface area contributed by atoms with Crippen molar-refractivity contribution >= 4 is 0 Å². The van der Waals surface area contributed by atoms with Crippen molar-refractivity contribution in [3.63, 3.8) is 0 Å². The topological polar surface area (TPSA) is 45.4 Å². The Morgan fingerprint density at radius 1 is 1.15 bits per heavy atom. The van der Waals surface area contributed by atoms with E-state index in [9.17, 15) is 0 Å². The Labute approximate surface area is 124 Å². The van der Waals surface area contributed by atoms with Gasteiger partial charge in [0.1, 0.15) is 0 Å². The third-order valence-corrected chi connectivity index (χ3v) is 3.77. The summed E-state index contributed by atoms with van der Waals surface area (Å²) >= 11 is 0. The summed E-state index contributed by atoms with van der Waals surface area (Å²) in [4.78, 5) is 8.84. The molecule has 0 aromatic carbocycles. The first-order chi connectivity index (χ1) is 9.60. The fourth-order valence-corrected chi connectivity index (χ4v) is 2.60. The summed E-state index contributed by atoms with van der Waals surface area (Å²) in [5.41, 5.74) is 7.66. The molecule has 4 nitrogen and oxygen atoms in total. The van der Waals surface area contributed by atoms with Gasteiger partial charge in [0.15, 0.2) is 0 Å². The van der Waals surface area contributed by atoms with Crippen LogP contribution in [0.4, 0.5) is 0 Å². The van der Waals surface area contributed by atoms with Gasteiger partial charge in [0.2, 0.25) is 0 Å². The van der Waals surface area contributed by atoms with Crippen LogP contribution in [0.3, 0.4) is 0 Å². The third kappa shape index (κ3) is 5.19. The van der Waals surface area contributed by atoms with Gasteiger partial charge in [-0.05, 0) is 57.7 Å². The smallest absolute Gasteiger partial charge is 0.0500 e. The zero-order chi connectivity index (χ0) is 15.0. The number of nitrogens with zero attached hydrogens (tertiary/aromatic N) is 3. The molecule has 1 heterocycles. The van der Waals surface area contributed by atoms with E-state index in [0.29, 0.717) is 0 Å². The fraction of sp³-hybridized carbons (Fsp3) is 0.688. The van der Waals surface area contributed by atoms with Crippen LogP contribution in [0.25, 0.3) is 0 Å². The van der Waals surface area contributed by atoms with E-state index >= 15 is 0 Å². The van der Waals surface area contributed by atoms with Gasteiger partial charge < -0.3 is 10.6 Å². The first kappa shape index (κ1) is 17.1. The molecule has 4 heteroatoms. The Morgan fingerprint density at radius 2 is 1.80 bits per heavy atom. The highest BCUT2D eigenvalue weighted by molar-refractivity contribution is 5.17. The zero-order valence-electron chi connectivity index (χ0n) is 13.4. The van der Waals surface area contributed by atoms with Crippen LogP contribution in [0.15, 0.2) is 24.5 Å². The van der Waals surface area contributed by atoms with Crippen LogP contribution in [0.5, 0.6) is 0 Å². The average Bonchev–Trinajstić information content (AvgIpc) is 2.46. The van der Waals surface area contributed by atoms with Gasteiger partial charge in [0.25, 0.3) is 0 Å². The Morgan fingerprint density at radius 3 is 2.30 bits per heavy atom. The molecule has 0 aliphatic heterocycles. The number of nitrogens with two attached hydrogens (primary N) is 1. The molecule has 0 saturated heterocycles. The maximum absolute atomic E-state index is 6.38. The summed E-state index contributed by atoms with van der Waals surface area (Å²) in [5.74, 6) is 0. The molecular weight excluding hydrogens is 248 g/mol. The summed E-state index contributed by atoms with van der Waals surface area (Å²) < 4.78 is 0. The van der Waals surface area contributed by atoms with Gasteiger partial charge in [-0.15, -0.1) is 0 Å². The van der Waals surface area contributed by atoms with Crippen molar-refractivity contribution < 1.29 is 0 Å². The molecule has 0 aliphatic rings. The maximum atomic E-state index is 6.38. The van der Waals surface area contributed by atoms with E-state index in [0.717, 1.165) is 26.1 Å². The van der Waals surface area contributed by atoms with Gasteiger partial charge in [-0.2, -0.15) is 0 Å². The molecule has 0 spiro atoms. The minimum Gasteiger partial charge on any atom is -0.326 e. The van der Waals surface area contributed by atoms with Crippen LogP contribution in [0, 0.1) is 0 Å². The number of hydrogen-bond acceptors (Lipinski definition) is 4. The van der Waals surface area contributed by atoms with Crippen LogP contribution >= 0.6 is 0 Å². The van der Waals surface area contributed by atoms with Crippen molar-refractivity contribution in [3.8, 4) is 0 Å². The number of rotatable bonds is 9.